The first-order chi connectivity index (χ1) is 12.2. The molecule has 150 valence electrons. The minimum atomic E-state index is -1.99. The maximum absolute atomic E-state index is 10.9. The van der Waals surface area contributed by atoms with Crippen molar-refractivity contribution in [1.82, 2.24) is 4.98 Å². The molecule has 2 atom stereocenters. The Hall–Kier alpha value is -1.63. The molecule has 0 aliphatic heterocycles. The van der Waals surface area contributed by atoms with Crippen molar-refractivity contribution in [3.05, 3.63) is 30.5 Å². The van der Waals surface area contributed by atoms with Crippen molar-refractivity contribution in [2.24, 2.45) is 0 Å². The van der Waals surface area contributed by atoms with Crippen LogP contribution >= 0.6 is 0 Å². The van der Waals surface area contributed by atoms with E-state index in [1.54, 1.807) is 20.0 Å². The Morgan fingerprint density at radius 3 is 2.30 bits per heavy atom. The number of hydrogen-bond donors (Lipinski definition) is 3. The van der Waals surface area contributed by atoms with Crippen LogP contribution in [0.2, 0.25) is 18.1 Å². The molecule has 0 saturated heterocycles. The van der Waals surface area contributed by atoms with Crippen LogP contribution in [0.5, 0.6) is 0 Å². The predicted octanol–water partition coefficient (Wildman–Crippen LogP) is 4.78. The van der Waals surface area contributed by atoms with Crippen LogP contribution in [0.4, 0.5) is 11.4 Å². The number of aromatic nitrogens is 1. The lowest BCUT2D eigenvalue weighted by molar-refractivity contribution is 0.0140. The van der Waals surface area contributed by atoms with E-state index in [-0.39, 0.29) is 17.2 Å². The average molecular weight is 390 g/mol. The monoisotopic (exact) mass is 389 g/mol. The molecule has 0 bridgehead atoms. The van der Waals surface area contributed by atoms with Crippen molar-refractivity contribution in [3.63, 3.8) is 0 Å². The number of anilines is 2. The number of rotatable bonds is 6. The van der Waals surface area contributed by atoms with Gasteiger partial charge in [-0.1, -0.05) is 39.0 Å². The molecule has 1 aromatic heterocycles. The molecular formula is C21H35N3O2Si. The van der Waals surface area contributed by atoms with Crippen molar-refractivity contribution < 1.29 is 9.53 Å². The maximum Gasteiger partial charge on any atom is 0.192 e. The molecule has 0 aliphatic rings. The van der Waals surface area contributed by atoms with Crippen LogP contribution in [-0.2, 0) is 4.43 Å². The van der Waals surface area contributed by atoms with Crippen molar-refractivity contribution in [2.45, 2.75) is 77.4 Å². The highest BCUT2D eigenvalue weighted by Crippen LogP contribution is 2.39. The highest BCUT2D eigenvalue weighted by atomic mass is 28.4. The number of nitrogens with one attached hydrogen (secondary N) is 1. The van der Waals surface area contributed by atoms with Gasteiger partial charge in [0.25, 0.3) is 0 Å². The van der Waals surface area contributed by atoms with E-state index in [2.05, 4.69) is 44.2 Å². The normalized spacial score (nSPS) is 15.6. The summed E-state index contributed by atoms with van der Waals surface area (Å²) in [6, 6.07) is 7.52. The molecule has 2 aromatic rings. The summed E-state index contributed by atoms with van der Waals surface area (Å²) in [7, 11) is -1.99. The molecule has 1 heterocycles. The lowest BCUT2D eigenvalue weighted by Crippen LogP contribution is -2.54. The lowest BCUT2D eigenvalue weighted by Gasteiger charge is -2.43. The van der Waals surface area contributed by atoms with Crippen LogP contribution in [0.15, 0.2) is 30.5 Å². The van der Waals surface area contributed by atoms with Gasteiger partial charge in [-0.3, -0.25) is 4.98 Å². The van der Waals surface area contributed by atoms with E-state index >= 15 is 0 Å². The summed E-state index contributed by atoms with van der Waals surface area (Å²) in [6.45, 7) is 16.7. The molecule has 5 nitrogen and oxygen atoms in total. The van der Waals surface area contributed by atoms with Gasteiger partial charge in [-0.05, 0) is 45.0 Å². The molecule has 0 radical (unpaired) electrons. The number of benzene rings is 1. The van der Waals surface area contributed by atoms with Crippen LogP contribution < -0.4 is 11.1 Å². The van der Waals surface area contributed by atoms with E-state index in [4.69, 9.17) is 10.2 Å². The third-order valence-corrected chi connectivity index (χ3v) is 10.2. The van der Waals surface area contributed by atoms with Gasteiger partial charge in [0.05, 0.1) is 40.8 Å². The first-order valence-corrected chi connectivity index (χ1v) is 12.4. The fraction of sp³-hybridized carbons (Fsp3) is 0.571. The van der Waals surface area contributed by atoms with E-state index in [9.17, 15) is 5.11 Å². The summed E-state index contributed by atoms with van der Waals surface area (Å²) >= 11 is 0. The van der Waals surface area contributed by atoms with Crippen LogP contribution in [0, 0.1) is 0 Å². The zero-order valence-corrected chi connectivity index (χ0v) is 18.9. The smallest absolute Gasteiger partial charge is 0.192 e. The summed E-state index contributed by atoms with van der Waals surface area (Å²) in [5.74, 6) is 0. The number of pyridine rings is 1. The summed E-state index contributed by atoms with van der Waals surface area (Å²) in [6.07, 6.45) is 1.46. The van der Waals surface area contributed by atoms with Gasteiger partial charge in [-0.2, -0.15) is 0 Å². The summed E-state index contributed by atoms with van der Waals surface area (Å²) in [5.41, 5.74) is 7.45. The molecule has 0 spiro atoms. The zero-order valence-electron chi connectivity index (χ0n) is 17.9. The minimum Gasteiger partial charge on any atom is -0.412 e. The van der Waals surface area contributed by atoms with Gasteiger partial charge in [0, 0.05) is 5.39 Å². The number of para-hydroxylation sites is 1. The molecule has 0 saturated carbocycles. The van der Waals surface area contributed by atoms with Crippen molar-refractivity contribution >= 4 is 30.6 Å². The second kappa shape index (κ2) is 7.41. The number of hydrogen-bond acceptors (Lipinski definition) is 5. The van der Waals surface area contributed by atoms with E-state index in [1.807, 2.05) is 31.2 Å². The van der Waals surface area contributed by atoms with Crippen molar-refractivity contribution in [3.8, 4) is 0 Å². The Morgan fingerprint density at radius 2 is 1.74 bits per heavy atom. The fourth-order valence-electron chi connectivity index (χ4n) is 3.05. The predicted molar refractivity (Wildman–Crippen MR) is 118 cm³/mol. The van der Waals surface area contributed by atoms with Gasteiger partial charge in [0.2, 0.25) is 0 Å². The average Bonchev–Trinajstić information content (AvgIpc) is 2.51. The SMILES string of the molecule is C[C@H](O[Si](C)(C)C(C)(C)C)[C@@H](Nc1c(N)cnc2ccccc12)C(C)(C)O. The molecule has 0 aliphatic carbocycles. The van der Waals surface area contributed by atoms with Crippen LogP contribution in [0.3, 0.4) is 0 Å². The Bertz CT molecular complexity index is 794. The minimum absolute atomic E-state index is 0.0911. The Kier molecular flexibility index (Phi) is 5.95. The van der Waals surface area contributed by atoms with Crippen molar-refractivity contribution in [1.29, 1.82) is 0 Å². The van der Waals surface area contributed by atoms with E-state index in [0.29, 0.717) is 5.69 Å². The first kappa shape index (κ1) is 21.7. The van der Waals surface area contributed by atoms with E-state index < -0.39 is 13.9 Å². The van der Waals surface area contributed by atoms with Gasteiger partial charge in [-0.15, -0.1) is 0 Å². The molecule has 27 heavy (non-hydrogen) atoms. The third-order valence-electron chi connectivity index (χ3n) is 5.62. The molecule has 0 amide bonds. The summed E-state index contributed by atoms with van der Waals surface area (Å²) in [4.78, 5) is 4.40. The third kappa shape index (κ3) is 4.81. The van der Waals surface area contributed by atoms with Gasteiger partial charge in [0.1, 0.15) is 0 Å². The number of nitrogen functional groups attached to an aromatic ring is 1. The number of fused-ring (bicyclic) bond motifs is 1. The second-order valence-electron chi connectivity index (χ2n) is 9.46. The standard InChI is InChI=1S/C21H35N3O2Si/c1-14(26-27(7,8)20(2,3)4)19(21(5,6)25)24-18-15-11-9-10-12-17(15)23-13-16(18)22/h9-14,19,25H,22H2,1-8H3,(H,23,24)/t14-,19+/m0/s1. The van der Waals surface area contributed by atoms with Gasteiger partial charge >= 0.3 is 0 Å². The van der Waals surface area contributed by atoms with Gasteiger partial charge in [-0.25, -0.2) is 0 Å². The summed E-state index contributed by atoms with van der Waals surface area (Å²) < 4.78 is 6.57. The topological polar surface area (TPSA) is 80.4 Å². The second-order valence-corrected chi connectivity index (χ2v) is 14.2. The molecule has 6 heteroatoms. The van der Waals surface area contributed by atoms with Crippen LogP contribution in [0.25, 0.3) is 10.9 Å². The largest absolute Gasteiger partial charge is 0.412 e. The number of aliphatic hydroxyl groups is 1. The number of nitrogens with zero attached hydrogens (tertiary/aromatic N) is 1. The van der Waals surface area contributed by atoms with Crippen LogP contribution in [0.1, 0.15) is 41.5 Å². The molecule has 1 aromatic carbocycles. The van der Waals surface area contributed by atoms with E-state index in [1.165, 1.54) is 0 Å². The Labute approximate surface area is 164 Å². The van der Waals surface area contributed by atoms with Gasteiger partial charge in [0.15, 0.2) is 8.32 Å². The Balaban J connectivity index is 2.41. The molecule has 4 N–H and O–H groups in total. The van der Waals surface area contributed by atoms with Gasteiger partial charge < -0.3 is 20.6 Å². The zero-order chi connectivity index (χ0) is 20.6. The van der Waals surface area contributed by atoms with Crippen LogP contribution in [-0.4, -0.2) is 36.2 Å². The highest BCUT2D eigenvalue weighted by Gasteiger charge is 2.42. The molecule has 2 rings (SSSR count). The fourth-order valence-corrected chi connectivity index (χ4v) is 4.47. The lowest BCUT2D eigenvalue weighted by atomic mass is 9.94. The van der Waals surface area contributed by atoms with E-state index in [0.717, 1.165) is 16.6 Å². The molecular weight excluding hydrogens is 354 g/mol. The quantitative estimate of drug-likeness (QED) is 0.620. The van der Waals surface area contributed by atoms with Crippen molar-refractivity contribution in [2.75, 3.05) is 11.1 Å². The maximum atomic E-state index is 10.9. The summed E-state index contributed by atoms with van der Waals surface area (Å²) in [5, 5.41) is 15.4. The number of nitrogens with two attached hydrogens (primary N) is 1. The first-order valence-electron chi connectivity index (χ1n) is 9.54. The Morgan fingerprint density at radius 1 is 1.15 bits per heavy atom. The highest BCUT2D eigenvalue weighted by molar-refractivity contribution is 6.74. The molecule has 0 unspecified atom stereocenters. The molecule has 0 fully saturated rings.